The monoisotopic (exact) mass is 391 g/mol. The average molecular weight is 391 g/mol. The van der Waals surface area contributed by atoms with Crippen molar-refractivity contribution < 1.29 is 28.2 Å². The first-order valence-corrected chi connectivity index (χ1v) is 9.49. The van der Waals surface area contributed by atoms with E-state index in [2.05, 4.69) is 15.5 Å². The molecule has 152 valence electrons. The van der Waals surface area contributed by atoms with Gasteiger partial charge in [0.15, 0.2) is 11.5 Å². The molecule has 1 N–H and O–H groups in total. The quantitative estimate of drug-likeness (QED) is 0.694. The lowest BCUT2D eigenvalue weighted by atomic mass is 10.1. The second kappa shape index (κ2) is 9.41. The van der Waals surface area contributed by atoms with Crippen molar-refractivity contribution in [2.75, 3.05) is 31.7 Å². The molecule has 2 heterocycles. The van der Waals surface area contributed by atoms with Gasteiger partial charge in [-0.1, -0.05) is 5.10 Å². The number of carbonyl (C=O) groups is 1. The van der Waals surface area contributed by atoms with Crippen molar-refractivity contribution in [2.24, 2.45) is 0 Å². The molecule has 1 saturated heterocycles. The highest BCUT2D eigenvalue weighted by Crippen LogP contribution is 2.39. The molecule has 1 atom stereocenters. The number of ether oxygens (including phenoxy) is 4. The van der Waals surface area contributed by atoms with Crippen LogP contribution in [0.3, 0.4) is 0 Å². The van der Waals surface area contributed by atoms with Gasteiger partial charge in [-0.25, -0.2) is 0 Å². The lowest BCUT2D eigenvalue weighted by Gasteiger charge is -2.16. The maximum atomic E-state index is 12.7. The molecule has 0 radical (unpaired) electrons. The fraction of sp³-hybridized carbons (Fsp3) is 0.526. The molecule has 0 unspecified atom stereocenters. The van der Waals surface area contributed by atoms with Crippen LogP contribution in [0.2, 0.25) is 0 Å². The van der Waals surface area contributed by atoms with Crippen molar-refractivity contribution in [3.63, 3.8) is 0 Å². The summed E-state index contributed by atoms with van der Waals surface area (Å²) in [4.78, 5) is 12.7. The Balaban J connectivity index is 1.81. The number of benzene rings is 1. The van der Waals surface area contributed by atoms with E-state index in [0.29, 0.717) is 55.1 Å². The highest BCUT2D eigenvalue weighted by Gasteiger charge is 2.25. The van der Waals surface area contributed by atoms with Crippen molar-refractivity contribution >= 4 is 11.9 Å². The van der Waals surface area contributed by atoms with Crippen LogP contribution in [-0.2, 0) is 4.74 Å². The molecule has 3 rings (SSSR count). The molecule has 0 aliphatic carbocycles. The van der Waals surface area contributed by atoms with Crippen LogP contribution in [0.5, 0.6) is 17.2 Å². The van der Waals surface area contributed by atoms with Gasteiger partial charge in [0.2, 0.25) is 11.6 Å². The molecule has 0 saturated carbocycles. The smallest absolute Gasteiger partial charge is 0.322 e. The molecule has 0 spiro atoms. The number of anilines is 1. The molecular formula is C19H25N3O6. The van der Waals surface area contributed by atoms with Crippen molar-refractivity contribution in [3.05, 3.63) is 23.6 Å². The van der Waals surface area contributed by atoms with Gasteiger partial charge in [-0.05, 0) is 45.7 Å². The molecule has 9 heteroatoms. The van der Waals surface area contributed by atoms with E-state index in [4.69, 9.17) is 23.4 Å². The average Bonchev–Trinajstić information content (AvgIpc) is 3.36. The Bertz CT molecular complexity index is 774. The molecule has 1 fully saturated rings. The number of hydrogen-bond acceptors (Lipinski definition) is 8. The molecule has 1 aromatic heterocycles. The lowest BCUT2D eigenvalue weighted by molar-refractivity contribution is 0.0893. The maximum Gasteiger partial charge on any atom is 0.322 e. The van der Waals surface area contributed by atoms with Crippen molar-refractivity contribution in [3.8, 4) is 17.2 Å². The number of nitrogens with one attached hydrogen (secondary N) is 1. The van der Waals surface area contributed by atoms with Gasteiger partial charge < -0.3 is 23.4 Å². The van der Waals surface area contributed by atoms with Gasteiger partial charge in [-0.3, -0.25) is 10.1 Å². The fourth-order valence-corrected chi connectivity index (χ4v) is 2.88. The van der Waals surface area contributed by atoms with E-state index in [0.717, 1.165) is 12.8 Å². The predicted octanol–water partition coefficient (Wildman–Crippen LogP) is 3.37. The first kappa shape index (κ1) is 19.9. The SMILES string of the molecule is CCOc1cc(C(=O)Nc2nnc([C@H]3CCCO3)o2)cc(OCC)c1OCC. The van der Waals surface area contributed by atoms with Gasteiger partial charge in [-0.15, -0.1) is 5.10 Å². The summed E-state index contributed by atoms with van der Waals surface area (Å²) < 4.78 is 27.9. The third-order valence-corrected chi connectivity index (χ3v) is 4.04. The van der Waals surface area contributed by atoms with Crippen LogP contribution in [-0.4, -0.2) is 42.5 Å². The highest BCUT2D eigenvalue weighted by molar-refractivity contribution is 6.04. The minimum atomic E-state index is -0.424. The Morgan fingerprint density at radius 2 is 1.79 bits per heavy atom. The molecule has 2 aromatic rings. The number of nitrogens with zero attached hydrogens (tertiary/aromatic N) is 2. The Morgan fingerprint density at radius 3 is 2.36 bits per heavy atom. The molecular weight excluding hydrogens is 366 g/mol. The summed E-state index contributed by atoms with van der Waals surface area (Å²) in [5.41, 5.74) is 0.326. The van der Waals surface area contributed by atoms with Gasteiger partial charge >= 0.3 is 6.01 Å². The summed E-state index contributed by atoms with van der Waals surface area (Å²) >= 11 is 0. The number of hydrogen-bond donors (Lipinski definition) is 1. The zero-order valence-electron chi connectivity index (χ0n) is 16.3. The lowest BCUT2D eigenvalue weighted by Crippen LogP contribution is -2.13. The number of rotatable bonds is 9. The topological polar surface area (TPSA) is 105 Å². The number of aromatic nitrogens is 2. The minimum Gasteiger partial charge on any atom is -0.490 e. The van der Waals surface area contributed by atoms with Crippen molar-refractivity contribution in [1.82, 2.24) is 10.2 Å². The van der Waals surface area contributed by atoms with E-state index in [1.54, 1.807) is 12.1 Å². The second-order valence-electron chi connectivity index (χ2n) is 6.00. The van der Waals surface area contributed by atoms with Crippen LogP contribution < -0.4 is 19.5 Å². The van der Waals surface area contributed by atoms with Crippen molar-refractivity contribution in [2.45, 2.75) is 39.7 Å². The van der Waals surface area contributed by atoms with E-state index in [9.17, 15) is 4.79 Å². The summed E-state index contributed by atoms with van der Waals surface area (Å²) in [5, 5.41) is 10.4. The Morgan fingerprint density at radius 1 is 1.11 bits per heavy atom. The Hall–Kier alpha value is -2.81. The van der Waals surface area contributed by atoms with Crippen LogP contribution in [0.25, 0.3) is 0 Å². The van der Waals surface area contributed by atoms with Crippen LogP contribution in [0.15, 0.2) is 16.5 Å². The molecule has 1 aliphatic heterocycles. The summed E-state index contributed by atoms with van der Waals surface area (Å²) in [5.74, 6) is 1.29. The van der Waals surface area contributed by atoms with Crippen LogP contribution in [0.4, 0.5) is 6.01 Å². The van der Waals surface area contributed by atoms with E-state index in [1.165, 1.54) is 0 Å². The van der Waals surface area contributed by atoms with Crippen LogP contribution in [0, 0.1) is 0 Å². The van der Waals surface area contributed by atoms with Crippen LogP contribution >= 0.6 is 0 Å². The molecule has 0 bridgehead atoms. The third-order valence-electron chi connectivity index (χ3n) is 4.04. The van der Waals surface area contributed by atoms with E-state index in [-0.39, 0.29) is 12.1 Å². The summed E-state index contributed by atoms with van der Waals surface area (Å²) in [6.07, 6.45) is 1.56. The highest BCUT2D eigenvalue weighted by atomic mass is 16.5. The third kappa shape index (κ3) is 4.53. The Labute approximate surface area is 163 Å². The largest absolute Gasteiger partial charge is 0.490 e. The van der Waals surface area contributed by atoms with E-state index in [1.807, 2.05) is 20.8 Å². The second-order valence-corrected chi connectivity index (χ2v) is 6.00. The van der Waals surface area contributed by atoms with Gasteiger partial charge in [0.25, 0.3) is 5.91 Å². The standard InChI is InChI=1S/C19H25N3O6/c1-4-24-14-10-12(11-15(25-5-2)16(14)26-6-3)17(23)20-19-22-21-18(28-19)13-8-7-9-27-13/h10-11,13H,4-9H2,1-3H3,(H,20,22,23)/t13-/m1/s1. The summed E-state index contributed by atoms with van der Waals surface area (Å²) in [6, 6.07) is 3.22. The molecule has 28 heavy (non-hydrogen) atoms. The van der Waals surface area contributed by atoms with Crippen LogP contribution in [0.1, 0.15) is 56.0 Å². The Kier molecular flexibility index (Phi) is 6.70. The van der Waals surface area contributed by atoms with Gasteiger partial charge in [0, 0.05) is 12.2 Å². The first-order chi connectivity index (χ1) is 13.7. The van der Waals surface area contributed by atoms with Gasteiger partial charge in [-0.2, -0.15) is 0 Å². The summed E-state index contributed by atoms with van der Waals surface area (Å²) in [7, 11) is 0. The van der Waals surface area contributed by atoms with Crippen molar-refractivity contribution in [1.29, 1.82) is 0 Å². The number of amides is 1. The predicted molar refractivity (Wildman–Crippen MR) is 100 cm³/mol. The normalized spacial score (nSPS) is 16.0. The zero-order chi connectivity index (χ0) is 19.9. The van der Waals surface area contributed by atoms with Gasteiger partial charge in [0.05, 0.1) is 19.8 Å². The molecule has 1 aliphatic rings. The zero-order valence-corrected chi connectivity index (χ0v) is 16.3. The van der Waals surface area contributed by atoms with E-state index >= 15 is 0 Å². The summed E-state index contributed by atoms with van der Waals surface area (Å²) in [6.45, 7) is 7.53. The molecule has 1 amide bonds. The molecule has 9 nitrogen and oxygen atoms in total. The fourth-order valence-electron chi connectivity index (χ4n) is 2.88. The first-order valence-electron chi connectivity index (χ1n) is 9.49. The molecule has 1 aromatic carbocycles. The van der Waals surface area contributed by atoms with E-state index < -0.39 is 5.91 Å². The number of carbonyl (C=O) groups excluding carboxylic acids is 1. The maximum absolute atomic E-state index is 12.7. The minimum absolute atomic E-state index is 0.0142. The van der Waals surface area contributed by atoms with Gasteiger partial charge in [0.1, 0.15) is 6.10 Å².